The van der Waals surface area contributed by atoms with Gasteiger partial charge in [-0.15, -0.1) is 0 Å². The van der Waals surface area contributed by atoms with Gasteiger partial charge in [0.05, 0.1) is 45.8 Å². The van der Waals surface area contributed by atoms with Gasteiger partial charge in [0, 0.05) is 0 Å². The number of hydrogen-bond donors (Lipinski definition) is 1. The summed E-state index contributed by atoms with van der Waals surface area (Å²) < 4.78 is 3.61. The smallest absolute Gasteiger partial charge is 0.234 e. The van der Waals surface area contributed by atoms with Crippen LogP contribution >= 0.6 is 11.8 Å². The lowest BCUT2D eigenvalue weighted by Crippen LogP contribution is -2.15. The zero-order chi connectivity index (χ0) is 22.8. The molecule has 0 saturated carbocycles. The molecule has 33 heavy (non-hydrogen) atoms. The van der Waals surface area contributed by atoms with Crippen LogP contribution in [-0.2, 0) is 4.79 Å². The molecule has 0 fully saturated rings. The number of amides is 1. The molecule has 0 aliphatic rings. The van der Waals surface area contributed by atoms with Crippen molar-refractivity contribution in [2.45, 2.75) is 18.9 Å². The van der Waals surface area contributed by atoms with E-state index in [-0.39, 0.29) is 11.7 Å². The maximum Gasteiger partial charge on any atom is 0.234 e. The molecule has 3 heterocycles. The van der Waals surface area contributed by atoms with Crippen LogP contribution in [0.4, 0.5) is 5.69 Å². The highest BCUT2D eigenvalue weighted by Gasteiger charge is 2.17. The number of fused-ring (bicyclic) bond motifs is 1. The third kappa shape index (κ3) is 4.10. The Balaban J connectivity index is 1.32. The molecule has 1 amide bonds. The maximum atomic E-state index is 12.8. The van der Waals surface area contributed by atoms with Crippen molar-refractivity contribution in [2.24, 2.45) is 0 Å². The fraction of sp³-hybridized carbons (Fsp3) is 0.125. The second-order valence-electron chi connectivity index (χ2n) is 7.44. The average Bonchev–Trinajstić information content (AvgIpc) is 3.41. The number of nitrogens with zero attached hydrogens (tertiary/aromatic N) is 6. The normalized spacial score (nSPS) is 11.1. The molecule has 2 aromatic carbocycles. The SMILES string of the molecule is Cc1nn(-c2ccccc2)c(C)c1NC(=O)CSc1ncnc2c1cnn2-c1ccccc1. The van der Waals surface area contributed by atoms with Gasteiger partial charge in [0.1, 0.15) is 11.4 Å². The molecule has 0 atom stereocenters. The number of para-hydroxylation sites is 2. The number of anilines is 1. The summed E-state index contributed by atoms with van der Waals surface area (Å²) in [6.07, 6.45) is 3.24. The van der Waals surface area contributed by atoms with Gasteiger partial charge in [0.2, 0.25) is 5.91 Å². The van der Waals surface area contributed by atoms with Gasteiger partial charge in [0.15, 0.2) is 5.65 Å². The number of aryl methyl sites for hydroxylation is 1. The second-order valence-corrected chi connectivity index (χ2v) is 8.40. The molecule has 9 heteroatoms. The molecule has 5 aromatic rings. The summed E-state index contributed by atoms with van der Waals surface area (Å²) in [5.74, 6) is 0.0823. The molecule has 0 aliphatic heterocycles. The van der Waals surface area contributed by atoms with Gasteiger partial charge < -0.3 is 5.32 Å². The van der Waals surface area contributed by atoms with E-state index in [0.717, 1.165) is 33.8 Å². The van der Waals surface area contributed by atoms with E-state index in [2.05, 4.69) is 25.5 Å². The van der Waals surface area contributed by atoms with Gasteiger partial charge in [-0.3, -0.25) is 4.79 Å². The molecule has 1 N–H and O–H groups in total. The highest BCUT2D eigenvalue weighted by Crippen LogP contribution is 2.27. The van der Waals surface area contributed by atoms with E-state index in [9.17, 15) is 4.79 Å². The van der Waals surface area contributed by atoms with Crippen molar-refractivity contribution < 1.29 is 4.79 Å². The van der Waals surface area contributed by atoms with Gasteiger partial charge in [-0.05, 0) is 38.1 Å². The lowest BCUT2D eigenvalue weighted by atomic mass is 10.3. The third-order valence-corrected chi connectivity index (χ3v) is 6.23. The van der Waals surface area contributed by atoms with E-state index in [1.807, 2.05) is 79.2 Å². The molecule has 5 rings (SSSR count). The van der Waals surface area contributed by atoms with E-state index in [1.165, 1.54) is 18.1 Å². The molecule has 0 spiro atoms. The van der Waals surface area contributed by atoms with Crippen molar-refractivity contribution in [1.82, 2.24) is 29.5 Å². The number of benzene rings is 2. The number of carbonyl (C=O) groups excluding carboxylic acids is 1. The van der Waals surface area contributed by atoms with Gasteiger partial charge in [-0.2, -0.15) is 10.2 Å². The van der Waals surface area contributed by atoms with Crippen LogP contribution in [0.2, 0.25) is 0 Å². The van der Waals surface area contributed by atoms with Crippen molar-refractivity contribution in [1.29, 1.82) is 0 Å². The average molecular weight is 456 g/mol. The summed E-state index contributed by atoms with van der Waals surface area (Å²) in [5, 5.41) is 13.6. The van der Waals surface area contributed by atoms with Gasteiger partial charge in [-0.1, -0.05) is 48.2 Å². The van der Waals surface area contributed by atoms with E-state index in [4.69, 9.17) is 0 Å². The third-order valence-electron chi connectivity index (χ3n) is 5.23. The Labute approximate surface area is 194 Å². The van der Waals surface area contributed by atoms with E-state index < -0.39 is 0 Å². The predicted octanol–water partition coefficient (Wildman–Crippen LogP) is 4.35. The summed E-state index contributed by atoms with van der Waals surface area (Å²) in [6, 6.07) is 19.6. The Morgan fingerprint density at radius 2 is 1.61 bits per heavy atom. The predicted molar refractivity (Wildman–Crippen MR) is 129 cm³/mol. The summed E-state index contributed by atoms with van der Waals surface area (Å²) in [7, 11) is 0. The minimum atomic E-state index is -0.124. The zero-order valence-corrected chi connectivity index (χ0v) is 19.0. The first-order valence-corrected chi connectivity index (χ1v) is 11.4. The summed E-state index contributed by atoms with van der Waals surface area (Å²) in [5.41, 5.74) is 4.95. The highest BCUT2D eigenvalue weighted by atomic mass is 32.2. The van der Waals surface area contributed by atoms with Crippen LogP contribution < -0.4 is 5.32 Å². The van der Waals surface area contributed by atoms with E-state index in [0.29, 0.717) is 10.7 Å². The molecular weight excluding hydrogens is 434 g/mol. The molecule has 164 valence electrons. The highest BCUT2D eigenvalue weighted by molar-refractivity contribution is 8.00. The van der Waals surface area contributed by atoms with Crippen molar-refractivity contribution in [3.05, 3.63) is 84.6 Å². The van der Waals surface area contributed by atoms with Crippen molar-refractivity contribution in [3.63, 3.8) is 0 Å². The zero-order valence-electron chi connectivity index (χ0n) is 18.1. The lowest BCUT2D eigenvalue weighted by molar-refractivity contribution is -0.113. The second kappa shape index (κ2) is 8.87. The fourth-order valence-corrected chi connectivity index (χ4v) is 4.41. The standard InChI is InChI=1S/C24H21N7OS/c1-16-22(17(2)30(29-16)18-9-5-3-6-10-18)28-21(32)14-33-24-20-13-27-31(23(20)25-15-26-24)19-11-7-4-8-12-19/h3-13,15H,14H2,1-2H3,(H,28,32). The first-order valence-electron chi connectivity index (χ1n) is 10.4. The molecule has 0 aliphatic carbocycles. The van der Waals surface area contributed by atoms with Crippen LogP contribution in [0.1, 0.15) is 11.4 Å². The van der Waals surface area contributed by atoms with Crippen molar-refractivity contribution >= 4 is 34.4 Å². The number of carbonyl (C=O) groups is 1. The largest absolute Gasteiger partial charge is 0.322 e. The Bertz CT molecular complexity index is 1430. The van der Waals surface area contributed by atoms with Crippen molar-refractivity contribution in [3.8, 4) is 11.4 Å². The minimum Gasteiger partial charge on any atom is -0.322 e. The first kappa shape index (κ1) is 20.9. The van der Waals surface area contributed by atoms with Crippen LogP contribution in [-0.4, -0.2) is 41.2 Å². The van der Waals surface area contributed by atoms with Gasteiger partial charge >= 0.3 is 0 Å². The van der Waals surface area contributed by atoms with Gasteiger partial charge in [-0.25, -0.2) is 19.3 Å². The topological polar surface area (TPSA) is 90.5 Å². The number of hydrogen-bond acceptors (Lipinski definition) is 6. The maximum absolute atomic E-state index is 12.8. The van der Waals surface area contributed by atoms with Crippen LogP contribution in [0.15, 0.2) is 78.2 Å². The molecule has 0 unspecified atom stereocenters. The summed E-state index contributed by atoms with van der Waals surface area (Å²) in [4.78, 5) is 21.5. The van der Waals surface area contributed by atoms with Crippen LogP contribution in [0.5, 0.6) is 0 Å². The Hall–Kier alpha value is -3.98. The number of thioether (sulfide) groups is 1. The van der Waals surface area contributed by atoms with E-state index >= 15 is 0 Å². The Kier molecular flexibility index (Phi) is 5.62. The number of rotatable bonds is 6. The summed E-state index contributed by atoms with van der Waals surface area (Å²) >= 11 is 1.36. The van der Waals surface area contributed by atoms with E-state index in [1.54, 1.807) is 10.9 Å². The van der Waals surface area contributed by atoms with Crippen molar-refractivity contribution in [2.75, 3.05) is 11.1 Å². The lowest BCUT2D eigenvalue weighted by Gasteiger charge is -2.07. The molecule has 0 radical (unpaired) electrons. The van der Waals surface area contributed by atoms with Crippen LogP contribution in [0, 0.1) is 13.8 Å². The molecule has 0 bridgehead atoms. The molecular formula is C24H21N7OS. The Morgan fingerprint density at radius 1 is 0.939 bits per heavy atom. The number of aromatic nitrogens is 6. The van der Waals surface area contributed by atoms with Crippen LogP contribution in [0.25, 0.3) is 22.4 Å². The molecule has 3 aromatic heterocycles. The summed E-state index contributed by atoms with van der Waals surface area (Å²) in [6.45, 7) is 3.84. The molecule has 8 nitrogen and oxygen atoms in total. The monoisotopic (exact) mass is 455 g/mol. The Morgan fingerprint density at radius 3 is 2.30 bits per heavy atom. The minimum absolute atomic E-state index is 0.124. The first-order chi connectivity index (χ1) is 16.1. The number of nitrogens with one attached hydrogen (secondary N) is 1. The quantitative estimate of drug-likeness (QED) is 0.302. The van der Waals surface area contributed by atoms with Crippen LogP contribution in [0.3, 0.4) is 0 Å². The fourth-order valence-electron chi connectivity index (χ4n) is 3.65. The van der Waals surface area contributed by atoms with Gasteiger partial charge in [0.25, 0.3) is 0 Å². The molecule has 0 saturated heterocycles.